The molecule has 0 saturated carbocycles. The van der Waals surface area contributed by atoms with E-state index in [9.17, 15) is 9.59 Å². The van der Waals surface area contributed by atoms with Crippen LogP contribution in [0.2, 0.25) is 5.02 Å². The molecular formula is C27H26ClN3O3. The number of hydrogen-bond donors (Lipinski definition) is 2. The normalized spacial score (nSPS) is 10.8. The number of fused-ring (bicyclic) bond motifs is 1. The highest BCUT2D eigenvalue weighted by molar-refractivity contribution is 6.33. The number of nitrogens with zero attached hydrogens (tertiary/aromatic N) is 1. The number of amides is 2. The summed E-state index contributed by atoms with van der Waals surface area (Å²) in [7, 11) is 1.60. The second kappa shape index (κ2) is 10.4. The van der Waals surface area contributed by atoms with Gasteiger partial charge in [0.05, 0.1) is 24.4 Å². The van der Waals surface area contributed by atoms with E-state index in [1.54, 1.807) is 54.5 Å². The number of aryl methyl sites for hydroxylation is 1. The Hall–Kier alpha value is -3.77. The molecule has 0 aliphatic rings. The second-order valence-corrected chi connectivity index (χ2v) is 8.49. The molecule has 1 heterocycles. The first-order chi connectivity index (χ1) is 16.4. The third-order valence-electron chi connectivity index (χ3n) is 5.80. The summed E-state index contributed by atoms with van der Waals surface area (Å²) in [6.07, 6.45) is 0.655. The molecular weight excluding hydrogens is 450 g/mol. The van der Waals surface area contributed by atoms with Crippen molar-refractivity contribution in [1.82, 2.24) is 9.88 Å². The lowest BCUT2D eigenvalue weighted by Crippen LogP contribution is -2.37. The molecule has 7 heteroatoms. The molecule has 3 aromatic carbocycles. The number of carbonyl (C=O) groups excluding carboxylic acids is 1. The van der Waals surface area contributed by atoms with E-state index in [-0.39, 0.29) is 18.1 Å². The molecule has 0 saturated heterocycles. The number of rotatable bonds is 7. The van der Waals surface area contributed by atoms with Crippen LogP contribution in [0.5, 0.6) is 5.75 Å². The van der Waals surface area contributed by atoms with Crippen molar-refractivity contribution in [3.63, 3.8) is 0 Å². The first kappa shape index (κ1) is 23.4. The lowest BCUT2D eigenvalue weighted by Gasteiger charge is -2.24. The number of pyridine rings is 1. The molecule has 0 aliphatic carbocycles. The van der Waals surface area contributed by atoms with Gasteiger partial charge in [-0.05, 0) is 60.9 Å². The fourth-order valence-electron chi connectivity index (χ4n) is 3.84. The summed E-state index contributed by atoms with van der Waals surface area (Å²) in [6.45, 7) is 2.62. The van der Waals surface area contributed by atoms with Gasteiger partial charge in [0.1, 0.15) is 5.75 Å². The summed E-state index contributed by atoms with van der Waals surface area (Å²) in [4.78, 5) is 30.6. The van der Waals surface area contributed by atoms with Crippen LogP contribution >= 0.6 is 11.6 Å². The Morgan fingerprint density at radius 3 is 2.56 bits per heavy atom. The Kier molecular flexibility index (Phi) is 7.18. The summed E-state index contributed by atoms with van der Waals surface area (Å²) < 4.78 is 5.31. The van der Waals surface area contributed by atoms with Gasteiger partial charge in [-0.1, -0.05) is 48.0 Å². The molecule has 34 heavy (non-hydrogen) atoms. The number of ether oxygens (including phenoxy) is 1. The monoisotopic (exact) mass is 475 g/mol. The predicted octanol–water partition coefficient (Wildman–Crippen LogP) is 5.78. The van der Waals surface area contributed by atoms with E-state index >= 15 is 0 Å². The molecule has 2 amide bonds. The van der Waals surface area contributed by atoms with E-state index in [4.69, 9.17) is 16.3 Å². The molecule has 1 aromatic heterocycles. The number of aromatic nitrogens is 1. The van der Waals surface area contributed by atoms with Crippen LogP contribution in [-0.4, -0.2) is 29.6 Å². The summed E-state index contributed by atoms with van der Waals surface area (Å²) in [5.74, 6) is 0.693. The van der Waals surface area contributed by atoms with Crippen molar-refractivity contribution in [3.05, 3.63) is 105 Å². The van der Waals surface area contributed by atoms with Crippen LogP contribution in [0.25, 0.3) is 10.9 Å². The zero-order valence-electron chi connectivity index (χ0n) is 19.1. The number of halogens is 1. The number of benzene rings is 3. The Labute approximate surface area is 203 Å². The highest BCUT2D eigenvalue weighted by Gasteiger charge is 2.18. The third kappa shape index (κ3) is 5.41. The zero-order chi connectivity index (χ0) is 24.1. The van der Waals surface area contributed by atoms with Gasteiger partial charge in [-0.25, -0.2) is 4.79 Å². The number of urea groups is 1. The van der Waals surface area contributed by atoms with Crippen molar-refractivity contribution in [2.24, 2.45) is 0 Å². The van der Waals surface area contributed by atoms with Crippen molar-refractivity contribution in [2.75, 3.05) is 19.0 Å². The molecule has 0 spiro atoms. The van der Waals surface area contributed by atoms with Crippen molar-refractivity contribution in [3.8, 4) is 5.75 Å². The molecule has 6 nitrogen and oxygen atoms in total. The van der Waals surface area contributed by atoms with Gasteiger partial charge in [0.15, 0.2) is 0 Å². The lowest BCUT2D eigenvalue weighted by molar-refractivity contribution is 0.209. The molecule has 0 bridgehead atoms. The van der Waals surface area contributed by atoms with Gasteiger partial charge in [0.2, 0.25) is 0 Å². The minimum absolute atomic E-state index is 0.144. The molecule has 0 fully saturated rings. The first-order valence-electron chi connectivity index (χ1n) is 11.0. The molecule has 4 aromatic rings. The molecule has 174 valence electrons. The standard InChI is InChI=1S/C27H26ClN3O3/c1-18-7-3-4-8-19(18)13-14-31(27(33)30-25-10-6-5-9-23(25)28)17-21-15-20-16-22(34-2)11-12-24(20)29-26(21)32/h3-12,15-16H,13-14,17H2,1-2H3,(H,29,32)(H,30,33). The summed E-state index contributed by atoms with van der Waals surface area (Å²) >= 11 is 6.25. The van der Waals surface area contributed by atoms with E-state index in [2.05, 4.69) is 16.4 Å². The summed E-state index contributed by atoms with van der Waals surface area (Å²) in [5, 5.41) is 4.16. The SMILES string of the molecule is COc1ccc2[nH]c(=O)c(CN(CCc3ccccc3C)C(=O)Nc3ccccc3Cl)cc2c1. The molecule has 4 rings (SSSR count). The van der Waals surface area contributed by atoms with Gasteiger partial charge < -0.3 is 19.9 Å². The number of carbonyl (C=O) groups is 1. The van der Waals surface area contributed by atoms with E-state index in [1.165, 1.54) is 0 Å². The lowest BCUT2D eigenvalue weighted by atomic mass is 10.1. The largest absolute Gasteiger partial charge is 0.497 e. The van der Waals surface area contributed by atoms with Crippen LogP contribution in [0.15, 0.2) is 77.6 Å². The first-order valence-corrected chi connectivity index (χ1v) is 11.4. The number of hydrogen-bond acceptors (Lipinski definition) is 3. The summed E-state index contributed by atoms with van der Waals surface area (Å²) in [6, 6.07) is 22.1. The number of H-pyrrole nitrogens is 1. The van der Waals surface area contributed by atoms with E-state index in [0.717, 1.165) is 16.5 Å². The van der Waals surface area contributed by atoms with Crippen LogP contribution in [0, 0.1) is 6.92 Å². The molecule has 0 aliphatic heterocycles. The second-order valence-electron chi connectivity index (χ2n) is 8.08. The van der Waals surface area contributed by atoms with Crippen molar-refractivity contribution in [2.45, 2.75) is 19.9 Å². The van der Waals surface area contributed by atoms with Crippen LogP contribution in [0.4, 0.5) is 10.5 Å². The van der Waals surface area contributed by atoms with Gasteiger partial charge in [-0.2, -0.15) is 0 Å². The van der Waals surface area contributed by atoms with E-state index in [1.807, 2.05) is 31.2 Å². The van der Waals surface area contributed by atoms with E-state index < -0.39 is 0 Å². The van der Waals surface area contributed by atoms with E-state index in [0.29, 0.717) is 40.5 Å². The van der Waals surface area contributed by atoms with Crippen LogP contribution in [0.3, 0.4) is 0 Å². The zero-order valence-corrected chi connectivity index (χ0v) is 19.9. The smallest absolute Gasteiger partial charge is 0.322 e. The summed E-state index contributed by atoms with van der Waals surface area (Å²) in [5.41, 5.74) is 3.79. The number of para-hydroxylation sites is 1. The molecule has 0 unspecified atom stereocenters. The maximum atomic E-state index is 13.3. The van der Waals surface area contributed by atoms with Crippen molar-refractivity contribution < 1.29 is 9.53 Å². The topological polar surface area (TPSA) is 74.4 Å². The fraction of sp³-hybridized carbons (Fsp3) is 0.185. The maximum Gasteiger partial charge on any atom is 0.322 e. The van der Waals surface area contributed by atoms with Crippen LogP contribution in [0.1, 0.15) is 16.7 Å². The highest BCUT2D eigenvalue weighted by Crippen LogP contribution is 2.22. The number of anilines is 1. The van der Waals surface area contributed by atoms with Gasteiger partial charge in [-0.15, -0.1) is 0 Å². The maximum absolute atomic E-state index is 13.3. The molecule has 2 N–H and O–H groups in total. The van der Waals surface area contributed by atoms with Crippen LogP contribution < -0.4 is 15.6 Å². The van der Waals surface area contributed by atoms with Gasteiger partial charge >= 0.3 is 6.03 Å². The van der Waals surface area contributed by atoms with Crippen LogP contribution in [-0.2, 0) is 13.0 Å². The minimum atomic E-state index is -0.327. The number of aromatic amines is 1. The Morgan fingerprint density at radius 1 is 1.03 bits per heavy atom. The minimum Gasteiger partial charge on any atom is -0.497 e. The van der Waals surface area contributed by atoms with Crippen molar-refractivity contribution >= 4 is 34.2 Å². The molecule has 0 atom stereocenters. The molecule has 0 radical (unpaired) electrons. The van der Waals surface area contributed by atoms with Crippen molar-refractivity contribution in [1.29, 1.82) is 0 Å². The third-order valence-corrected chi connectivity index (χ3v) is 6.13. The average Bonchev–Trinajstić information content (AvgIpc) is 2.84. The fourth-order valence-corrected chi connectivity index (χ4v) is 4.02. The van der Waals surface area contributed by atoms with Gasteiger partial charge in [0, 0.05) is 23.0 Å². The Balaban J connectivity index is 1.63. The average molecular weight is 476 g/mol. The quantitative estimate of drug-likeness (QED) is 0.356. The Bertz CT molecular complexity index is 1380. The number of nitrogens with one attached hydrogen (secondary N) is 2. The Morgan fingerprint density at radius 2 is 1.79 bits per heavy atom. The van der Waals surface area contributed by atoms with Gasteiger partial charge in [-0.3, -0.25) is 4.79 Å². The predicted molar refractivity (Wildman–Crippen MR) is 137 cm³/mol. The number of methoxy groups -OCH3 is 1. The highest BCUT2D eigenvalue weighted by atomic mass is 35.5. The van der Waals surface area contributed by atoms with Gasteiger partial charge in [0.25, 0.3) is 5.56 Å².